The predicted octanol–water partition coefficient (Wildman–Crippen LogP) is 1.81. The fraction of sp³-hybridized carbons (Fsp3) is 0.769. The Balaban J connectivity index is 4.07. The zero-order chi connectivity index (χ0) is 15.1. The smallest absolute Gasteiger partial charge is 0.408 e. The Morgan fingerprint density at radius 1 is 1.16 bits per heavy atom. The van der Waals surface area contributed by atoms with Crippen molar-refractivity contribution in [2.45, 2.75) is 59.1 Å². The van der Waals surface area contributed by atoms with E-state index in [9.17, 15) is 14.4 Å². The van der Waals surface area contributed by atoms with Crippen molar-refractivity contribution in [3.05, 3.63) is 0 Å². The zero-order valence-corrected chi connectivity index (χ0v) is 12.2. The second kappa shape index (κ2) is 7.76. The van der Waals surface area contributed by atoms with Crippen LogP contribution in [0.15, 0.2) is 0 Å². The summed E-state index contributed by atoms with van der Waals surface area (Å²) in [7, 11) is 0. The average Bonchev–Trinajstić information content (AvgIpc) is 2.23. The summed E-state index contributed by atoms with van der Waals surface area (Å²) < 4.78 is 9.74. The minimum atomic E-state index is -0.690. The van der Waals surface area contributed by atoms with Crippen molar-refractivity contribution in [2.24, 2.45) is 0 Å². The number of amides is 1. The molecule has 0 aromatic carbocycles. The highest BCUT2D eigenvalue weighted by atomic mass is 16.6. The maximum Gasteiger partial charge on any atom is 0.408 e. The fourth-order valence-electron chi connectivity index (χ4n) is 1.24. The molecule has 0 radical (unpaired) electrons. The number of ether oxygens (including phenoxy) is 2. The van der Waals surface area contributed by atoms with Gasteiger partial charge in [-0.25, -0.2) is 4.79 Å². The lowest BCUT2D eigenvalue weighted by molar-refractivity contribution is -0.144. The SMILES string of the molecule is CCOC(=O)CCC(=O)[C@H](C)NC(=O)OC(C)(C)C. The second-order valence-electron chi connectivity index (χ2n) is 5.14. The molecule has 0 aliphatic rings. The Morgan fingerprint density at radius 2 is 1.74 bits per heavy atom. The number of hydrogen-bond donors (Lipinski definition) is 1. The van der Waals surface area contributed by atoms with Gasteiger partial charge >= 0.3 is 12.1 Å². The van der Waals surface area contributed by atoms with E-state index in [1.807, 2.05) is 0 Å². The molecule has 110 valence electrons. The Hall–Kier alpha value is -1.59. The standard InChI is InChI=1S/C13H23NO5/c1-6-18-11(16)8-7-10(15)9(2)14-12(17)19-13(3,4)5/h9H,6-8H2,1-5H3,(H,14,17)/t9-/m0/s1. The molecule has 19 heavy (non-hydrogen) atoms. The molecule has 1 amide bonds. The van der Waals surface area contributed by atoms with Crippen LogP contribution in [-0.2, 0) is 19.1 Å². The van der Waals surface area contributed by atoms with E-state index in [-0.39, 0.29) is 18.6 Å². The van der Waals surface area contributed by atoms with Gasteiger partial charge < -0.3 is 14.8 Å². The number of carbonyl (C=O) groups excluding carboxylic acids is 3. The number of alkyl carbamates (subject to hydrolysis) is 1. The van der Waals surface area contributed by atoms with Gasteiger partial charge in [0.25, 0.3) is 0 Å². The van der Waals surface area contributed by atoms with Crippen molar-refractivity contribution in [1.29, 1.82) is 0 Å². The van der Waals surface area contributed by atoms with Crippen molar-refractivity contribution in [3.63, 3.8) is 0 Å². The first kappa shape index (κ1) is 17.4. The molecule has 0 spiro atoms. The summed E-state index contributed by atoms with van der Waals surface area (Å²) in [6.45, 7) is 8.75. The Labute approximate surface area is 113 Å². The first-order chi connectivity index (χ1) is 8.65. The maximum atomic E-state index is 11.7. The van der Waals surface area contributed by atoms with Crippen LogP contribution in [0.3, 0.4) is 0 Å². The molecule has 6 nitrogen and oxygen atoms in total. The molecule has 0 saturated heterocycles. The molecule has 1 N–H and O–H groups in total. The van der Waals surface area contributed by atoms with Gasteiger partial charge in [0.15, 0.2) is 5.78 Å². The third-order valence-corrected chi connectivity index (χ3v) is 2.10. The van der Waals surface area contributed by atoms with Gasteiger partial charge in [-0.2, -0.15) is 0 Å². The molecule has 0 aliphatic heterocycles. The van der Waals surface area contributed by atoms with Gasteiger partial charge in [0.2, 0.25) is 0 Å². The van der Waals surface area contributed by atoms with Crippen LogP contribution >= 0.6 is 0 Å². The third-order valence-electron chi connectivity index (χ3n) is 2.10. The van der Waals surface area contributed by atoms with Crippen molar-refractivity contribution in [3.8, 4) is 0 Å². The van der Waals surface area contributed by atoms with Gasteiger partial charge in [-0.15, -0.1) is 0 Å². The highest BCUT2D eigenvalue weighted by Gasteiger charge is 2.21. The van der Waals surface area contributed by atoms with E-state index in [1.54, 1.807) is 34.6 Å². The molecule has 0 saturated carbocycles. The van der Waals surface area contributed by atoms with Gasteiger partial charge in [0.05, 0.1) is 19.1 Å². The summed E-state index contributed by atoms with van der Waals surface area (Å²) in [5.74, 6) is -0.653. The summed E-state index contributed by atoms with van der Waals surface area (Å²) in [4.78, 5) is 34.2. The third kappa shape index (κ3) is 9.04. The second-order valence-corrected chi connectivity index (χ2v) is 5.14. The van der Waals surface area contributed by atoms with Crippen molar-refractivity contribution in [1.82, 2.24) is 5.32 Å². The molecular weight excluding hydrogens is 250 g/mol. The summed E-state index contributed by atoms with van der Waals surface area (Å²) in [6.07, 6.45) is -0.590. The van der Waals surface area contributed by atoms with E-state index >= 15 is 0 Å². The minimum Gasteiger partial charge on any atom is -0.466 e. The van der Waals surface area contributed by atoms with Gasteiger partial charge in [0, 0.05) is 6.42 Å². The molecule has 0 aliphatic carbocycles. The molecule has 6 heteroatoms. The van der Waals surface area contributed by atoms with Crippen LogP contribution in [0.1, 0.15) is 47.5 Å². The van der Waals surface area contributed by atoms with Crippen molar-refractivity contribution < 1.29 is 23.9 Å². The monoisotopic (exact) mass is 273 g/mol. The molecule has 0 aromatic rings. The predicted molar refractivity (Wildman–Crippen MR) is 69.7 cm³/mol. The molecule has 1 atom stereocenters. The lowest BCUT2D eigenvalue weighted by Gasteiger charge is -2.21. The molecule has 0 bridgehead atoms. The minimum absolute atomic E-state index is 0.0208. The number of carbonyl (C=O) groups is 3. The summed E-state index contributed by atoms with van der Waals surface area (Å²) in [6, 6.07) is -0.690. The Kier molecular flexibility index (Phi) is 7.11. The summed E-state index contributed by atoms with van der Waals surface area (Å²) in [5, 5.41) is 2.43. The molecule has 0 heterocycles. The van der Waals surface area contributed by atoms with Crippen LogP contribution in [0.5, 0.6) is 0 Å². The highest BCUT2D eigenvalue weighted by molar-refractivity contribution is 5.89. The normalized spacial score (nSPS) is 12.5. The van der Waals surface area contributed by atoms with Crippen LogP contribution in [0.2, 0.25) is 0 Å². The van der Waals surface area contributed by atoms with Crippen LogP contribution in [0.4, 0.5) is 4.79 Å². The number of ketones is 1. The van der Waals surface area contributed by atoms with Crippen LogP contribution in [0.25, 0.3) is 0 Å². The number of esters is 1. The van der Waals surface area contributed by atoms with E-state index in [2.05, 4.69) is 5.32 Å². The first-order valence-corrected chi connectivity index (χ1v) is 6.33. The number of hydrogen-bond acceptors (Lipinski definition) is 5. The molecule has 0 rings (SSSR count). The number of Topliss-reactive ketones (excluding diaryl/α,β-unsaturated/α-hetero) is 1. The van der Waals surface area contributed by atoms with Crippen molar-refractivity contribution in [2.75, 3.05) is 6.61 Å². The Bertz CT molecular complexity index is 332. The average molecular weight is 273 g/mol. The van der Waals surface area contributed by atoms with E-state index in [4.69, 9.17) is 9.47 Å². The molecule has 0 aromatic heterocycles. The van der Waals surface area contributed by atoms with E-state index in [0.29, 0.717) is 6.61 Å². The largest absolute Gasteiger partial charge is 0.466 e. The van der Waals surface area contributed by atoms with E-state index in [1.165, 1.54) is 0 Å². The quantitative estimate of drug-likeness (QED) is 0.746. The first-order valence-electron chi connectivity index (χ1n) is 6.33. The van der Waals surface area contributed by atoms with Gasteiger partial charge in [-0.1, -0.05) is 0 Å². The lowest BCUT2D eigenvalue weighted by Crippen LogP contribution is -2.41. The lowest BCUT2D eigenvalue weighted by atomic mass is 10.1. The molecular formula is C13H23NO5. The van der Waals surface area contributed by atoms with Crippen LogP contribution < -0.4 is 5.32 Å². The van der Waals surface area contributed by atoms with Crippen LogP contribution in [0, 0.1) is 0 Å². The van der Waals surface area contributed by atoms with Crippen LogP contribution in [-0.4, -0.2) is 36.1 Å². The summed E-state index contributed by atoms with van der Waals surface area (Å²) in [5.41, 5.74) is -0.613. The maximum absolute atomic E-state index is 11.7. The highest BCUT2D eigenvalue weighted by Crippen LogP contribution is 2.07. The van der Waals surface area contributed by atoms with Gasteiger partial charge in [-0.3, -0.25) is 9.59 Å². The fourth-order valence-corrected chi connectivity index (χ4v) is 1.24. The van der Waals surface area contributed by atoms with Gasteiger partial charge in [-0.05, 0) is 34.6 Å². The topological polar surface area (TPSA) is 81.7 Å². The molecule has 0 unspecified atom stereocenters. The Morgan fingerprint density at radius 3 is 2.21 bits per heavy atom. The van der Waals surface area contributed by atoms with Gasteiger partial charge in [0.1, 0.15) is 5.60 Å². The molecule has 0 fully saturated rings. The summed E-state index contributed by atoms with van der Waals surface area (Å²) >= 11 is 0. The zero-order valence-electron chi connectivity index (χ0n) is 12.2. The van der Waals surface area contributed by atoms with Crippen molar-refractivity contribution >= 4 is 17.8 Å². The van der Waals surface area contributed by atoms with E-state index < -0.39 is 23.7 Å². The number of nitrogens with one attached hydrogen (secondary N) is 1. The van der Waals surface area contributed by atoms with E-state index in [0.717, 1.165) is 0 Å². The number of rotatable bonds is 6.